The number of nitrogens with one attached hydrogen (secondary N) is 3. The van der Waals surface area contributed by atoms with Crippen LogP contribution in [0.15, 0.2) is 12.2 Å². The molecule has 0 radical (unpaired) electrons. The summed E-state index contributed by atoms with van der Waals surface area (Å²) in [5, 5.41) is 8.31. The molecule has 0 aromatic heterocycles. The average Bonchev–Trinajstić information content (AvgIpc) is 2.73. The Hall–Kier alpha value is -2.58. The molecule has 0 rings (SSSR count). The van der Waals surface area contributed by atoms with Gasteiger partial charge in [0, 0.05) is 25.4 Å². The molecule has 38 heavy (non-hydrogen) atoms. The lowest BCUT2D eigenvalue weighted by molar-refractivity contribution is -0.155. The minimum absolute atomic E-state index is 0.00836. The van der Waals surface area contributed by atoms with Crippen molar-refractivity contribution in [3.05, 3.63) is 12.2 Å². The van der Waals surface area contributed by atoms with E-state index in [9.17, 15) is 19.2 Å². The van der Waals surface area contributed by atoms with Crippen molar-refractivity contribution in [2.24, 2.45) is 11.3 Å². The fourth-order valence-electron chi connectivity index (χ4n) is 3.24. The molecule has 0 unspecified atom stereocenters. The monoisotopic (exact) mass is 539 g/mol. The Kier molecular flexibility index (Phi) is 15.3. The third-order valence-electron chi connectivity index (χ3n) is 5.23. The first-order chi connectivity index (χ1) is 17.3. The van der Waals surface area contributed by atoms with Crippen LogP contribution in [-0.2, 0) is 23.9 Å². The van der Waals surface area contributed by atoms with Crippen LogP contribution >= 0.6 is 0 Å². The summed E-state index contributed by atoms with van der Waals surface area (Å²) in [6, 6.07) is -0.933. The molecule has 0 aromatic rings. The third kappa shape index (κ3) is 20.5. The zero-order valence-corrected chi connectivity index (χ0v) is 25.4. The number of carbonyl (C=O) groups is 4. The molecule has 2 atom stereocenters. The van der Waals surface area contributed by atoms with Crippen molar-refractivity contribution in [1.82, 2.24) is 16.0 Å². The van der Waals surface area contributed by atoms with E-state index < -0.39 is 35.2 Å². The first kappa shape index (κ1) is 35.4. The first-order valence-corrected chi connectivity index (χ1v) is 13.7. The van der Waals surface area contributed by atoms with E-state index in [2.05, 4.69) is 36.7 Å². The van der Waals surface area contributed by atoms with E-state index in [0.717, 1.165) is 12.8 Å². The van der Waals surface area contributed by atoms with E-state index >= 15 is 0 Å². The molecule has 0 aliphatic carbocycles. The normalized spacial score (nSPS) is 13.9. The van der Waals surface area contributed by atoms with Gasteiger partial charge in [-0.3, -0.25) is 14.4 Å². The van der Waals surface area contributed by atoms with Crippen molar-refractivity contribution in [3.8, 4) is 0 Å². The zero-order valence-electron chi connectivity index (χ0n) is 25.4. The number of hydrogen-bond acceptors (Lipinski definition) is 6. The molecule has 9 nitrogen and oxygen atoms in total. The highest BCUT2D eigenvalue weighted by atomic mass is 16.6. The Balaban J connectivity index is 4.55. The molecule has 3 N–H and O–H groups in total. The van der Waals surface area contributed by atoms with E-state index in [1.54, 1.807) is 41.5 Å². The van der Waals surface area contributed by atoms with Crippen LogP contribution < -0.4 is 16.0 Å². The van der Waals surface area contributed by atoms with Crippen LogP contribution in [0.2, 0.25) is 0 Å². The van der Waals surface area contributed by atoms with Crippen molar-refractivity contribution in [3.63, 3.8) is 0 Å². The molecule has 0 saturated heterocycles. The molecule has 3 amide bonds. The molecule has 0 saturated carbocycles. The highest BCUT2D eigenvalue weighted by Gasteiger charge is 2.26. The molecule has 0 spiro atoms. The molecule has 0 bridgehead atoms. The fourth-order valence-corrected chi connectivity index (χ4v) is 3.24. The van der Waals surface area contributed by atoms with E-state index in [0.29, 0.717) is 25.9 Å². The molecule has 0 aromatic carbocycles. The quantitative estimate of drug-likeness (QED) is 0.162. The summed E-state index contributed by atoms with van der Waals surface area (Å²) in [6.45, 7) is 19.9. The van der Waals surface area contributed by atoms with Gasteiger partial charge in [0.1, 0.15) is 17.2 Å². The summed E-state index contributed by atoms with van der Waals surface area (Å²) in [7, 11) is 0. The highest BCUT2D eigenvalue weighted by Crippen LogP contribution is 2.23. The second-order valence-electron chi connectivity index (χ2n) is 13.0. The van der Waals surface area contributed by atoms with Gasteiger partial charge in [-0.1, -0.05) is 39.8 Å². The van der Waals surface area contributed by atoms with E-state index in [-0.39, 0.29) is 30.1 Å². The van der Waals surface area contributed by atoms with Gasteiger partial charge in [0.25, 0.3) is 0 Å². The van der Waals surface area contributed by atoms with Crippen LogP contribution in [0.4, 0.5) is 4.79 Å². The molecule has 0 aliphatic rings. The maximum Gasteiger partial charge on any atom is 0.408 e. The summed E-state index contributed by atoms with van der Waals surface area (Å²) < 4.78 is 10.6. The summed E-state index contributed by atoms with van der Waals surface area (Å²) in [5.41, 5.74) is -1.13. The van der Waals surface area contributed by atoms with E-state index in [1.807, 2.05) is 19.1 Å². The number of carbonyl (C=O) groups excluding carboxylic acids is 4. The van der Waals surface area contributed by atoms with Gasteiger partial charge in [-0.2, -0.15) is 0 Å². The first-order valence-electron chi connectivity index (χ1n) is 13.7. The smallest absolute Gasteiger partial charge is 0.408 e. The minimum Gasteiger partial charge on any atom is -0.460 e. The summed E-state index contributed by atoms with van der Waals surface area (Å²) in [5.74, 6) is -0.778. The Morgan fingerprint density at radius 2 is 1.24 bits per heavy atom. The summed E-state index contributed by atoms with van der Waals surface area (Å²) >= 11 is 0. The number of alkyl carbamates (subject to hydrolysis) is 1. The minimum atomic E-state index is -0.933. The molecule has 0 fully saturated rings. The number of amides is 3. The van der Waals surface area contributed by atoms with Crippen LogP contribution in [0.25, 0.3) is 0 Å². The Labute approximate surface area is 230 Å². The number of esters is 1. The summed E-state index contributed by atoms with van der Waals surface area (Å²) in [4.78, 5) is 49.3. The predicted octanol–water partition coefficient (Wildman–Crippen LogP) is 5.03. The highest BCUT2D eigenvalue weighted by molar-refractivity contribution is 5.86. The van der Waals surface area contributed by atoms with Crippen molar-refractivity contribution in [1.29, 1.82) is 0 Å². The van der Waals surface area contributed by atoms with Crippen LogP contribution in [0.1, 0.15) is 108 Å². The van der Waals surface area contributed by atoms with Gasteiger partial charge in [0.15, 0.2) is 0 Å². The van der Waals surface area contributed by atoms with Gasteiger partial charge in [0.05, 0.1) is 0 Å². The largest absolute Gasteiger partial charge is 0.460 e. The maximum atomic E-state index is 12.7. The maximum absolute atomic E-state index is 12.7. The van der Waals surface area contributed by atoms with Gasteiger partial charge < -0.3 is 25.4 Å². The van der Waals surface area contributed by atoms with Crippen molar-refractivity contribution in [2.75, 3.05) is 13.1 Å². The lowest BCUT2D eigenvalue weighted by Gasteiger charge is -2.24. The van der Waals surface area contributed by atoms with Crippen molar-refractivity contribution >= 4 is 23.9 Å². The van der Waals surface area contributed by atoms with Gasteiger partial charge in [-0.25, -0.2) is 4.79 Å². The molecule has 0 heterocycles. The number of ether oxygens (including phenoxy) is 2. The lowest BCUT2D eigenvalue weighted by Crippen LogP contribution is -2.48. The fraction of sp³-hybridized carbons (Fsp3) is 0.793. The van der Waals surface area contributed by atoms with Gasteiger partial charge in [0.2, 0.25) is 11.8 Å². The SMILES string of the molecule is C[C@@H](CCC(C)(C)C)C(=O)NCC/C=C\CCNC(=O)[C@H](CCC(=O)OC(C)(C)C)NC(=O)OC(C)(C)C. The van der Waals surface area contributed by atoms with Gasteiger partial charge in [-0.05, 0) is 79.1 Å². The molecular weight excluding hydrogens is 486 g/mol. The van der Waals surface area contributed by atoms with E-state index in [1.165, 1.54) is 0 Å². The molecule has 9 heteroatoms. The standard InChI is InChI=1S/C29H53N3O6/c1-21(17-18-27(2,3)4)24(34)30-19-13-11-12-14-20-31-25(35)22(32-26(36)38-29(8,9)10)15-16-23(33)37-28(5,6)7/h11-12,21-22H,13-20H2,1-10H3,(H,30,34)(H,31,35)(H,32,36)/b12-11-/t21-,22-/m0/s1. The van der Waals surface area contributed by atoms with Gasteiger partial charge in [-0.15, -0.1) is 0 Å². The van der Waals surface area contributed by atoms with Crippen LogP contribution in [0, 0.1) is 11.3 Å². The Bertz CT molecular complexity index is 788. The van der Waals surface area contributed by atoms with Crippen LogP contribution in [0.3, 0.4) is 0 Å². The number of hydrogen-bond donors (Lipinski definition) is 3. The average molecular weight is 540 g/mol. The van der Waals surface area contributed by atoms with Crippen molar-refractivity contribution in [2.45, 2.75) is 125 Å². The topological polar surface area (TPSA) is 123 Å². The zero-order chi connectivity index (χ0) is 29.6. The second kappa shape index (κ2) is 16.4. The molecule has 0 aliphatic heterocycles. The molecule has 220 valence electrons. The number of rotatable bonds is 14. The lowest BCUT2D eigenvalue weighted by atomic mass is 9.87. The summed E-state index contributed by atoms with van der Waals surface area (Å²) in [6.07, 6.45) is 6.40. The predicted molar refractivity (Wildman–Crippen MR) is 150 cm³/mol. The van der Waals surface area contributed by atoms with Crippen LogP contribution in [-0.4, -0.2) is 54.2 Å². The Morgan fingerprint density at radius 1 is 0.737 bits per heavy atom. The second-order valence-corrected chi connectivity index (χ2v) is 13.0. The van der Waals surface area contributed by atoms with E-state index in [4.69, 9.17) is 9.47 Å². The Morgan fingerprint density at radius 3 is 1.71 bits per heavy atom. The van der Waals surface area contributed by atoms with Crippen LogP contribution in [0.5, 0.6) is 0 Å². The van der Waals surface area contributed by atoms with Gasteiger partial charge >= 0.3 is 12.1 Å². The molecular formula is C29H53N3O6. The third-order valence-corrected chi connectivity index (χ3v) is 5.23. The van der Waals surface area contributed by atoms with Crippen molar-refractivity contribution < 1.29 is 28.7 Å².